The molecule has 0 amide bonds. The van der Waals surface area contributed by atoms with Crippen molar-refractivity contribution in [3.8, 4) is 28.4 Å². The van der Waals surface area contributed by atoms with E-state index in [1.165, 1.54) is 6.26 Å². The first-order valence-corrected chi connectivity index (χ1v) is 13.9. The molecule has 4 aromatic rings. The Morgan fingerprint density at radius 3 is 2.72 bits per heavy atom. The summed E-state index contributed by atoms with van der Waals surface area (Å²) in [5, 5.41) is 17.6. The number of aromatic nitrogens is 4. The van der Waals surface area contributed by atoms with E-state index in [0.717, 1.165) is 35.4 Å². The van der Waals surface area contributed by atoms with E-state index in [1.807, 2.05) is 19.2 Å². The van der Waals surface area contributed by atoms with E-state index in [9.17, 15) is 13.5 Å². The van der Waals surface area contributed by atoms with Crippen LogP contribution in [-0.4, -0.2) is 70.2 Å². The highest BCUT2D eigenvalue weighted by molar-refractivity contribution is 7.90. The van der Waals surface area contributed by atoms with Gasteiger partial charge in [0.2, 0.25) is 0 Å². The Balaban J connectivity index is 1.40. The smallest absolute Gasteiger partial charge is 0.159 e. The highest BCUT2D eigenvalue weighted by atomic mass is 32.2. The van der Waals surface area contributed by atoms with Crippen LogP contribution in [0.5, 0.6) is 5.75 Å². The summed E-state index contributed by atoms with van der Waals surface area (Å²) in [7, 11) is -2.98. The van der Waals surface area contributed by atoms with Gasteiger partial charge in [-0.05, 0) is 47.7 Å². The van der Waals surface area contributed by atoms with E-state index in [2.05, 4.69) is 26.2 Å². The van der Waals surface area contributed by atoms with Gasteiger partial charge in [0.15, 0.2) is 11.6 Å². The topological polar surface area (TPSA) is 115 Å². The molecule has 5 rings (SSSR count). The third-order valence-corrected chi connectivity index (χ3v) is 7.56. The number of nitrogens with one attached hydrogen (secondary N) is 2. The number of rotatable bonds is 7. The lowest BCUT2D eigenvalue weighted by Crippen LogP contribution is -2.32. The second-order valence-electron chi connectivity index (χ2n) is 9.16. The van der Waals surface area contributed by atoms with Gasteiger partial charge in [0.25, 0.3) is 0 Å². The molecule has 3 N–H and O–H groups in total. The third kappa shape index (κ3) is 4.78. The fourth-order valence-electron chi connectivity index (χ4n) is 4.63. The van der Waals surface area contributed by atoms with Crippen molar-refractivity contribution in [2.24, 2.45) is 0 Å². The number of hydrogen-bond acceptors (Lipinski definition) is 6. The van der Waals surface area contributed by atoms with Gasteiger partial charge in [0.1, 0.15) is 26.8 Å². The molecule has 0 fully saturated rings. The first-order chi connectivity index (χ1) is 17.2. The lowest BCUT2D eigenvalue weighted by Gasteiger charge is -2.25. The number of phenolic OH excluding ortho intramolecular Hbond substituents is 1. The summed E-state index contributed by atoms with van der Waals surface area (Å²) in [6.07, 6.45) is 6.58. The van der Waals surface area contributed by atoms with Gasteiger partial charge in [-0.3, -0.25) is 10.00 Å². The number of aryl methyl sites for hydroxylation is 1. The lowest BCUT2D eigenvalue weighted by atomic mass is 9.96. The van der Waals surface area contributed by atoms with Crippen LogP contribution in [0, 0.1) is 5.82 Å². The normalized spacial score (nSPS) is 14.9. The largest absolute Gasteiger partial charge is 0.508 e. The van der Waals surface area contributed by atoms with Crippen molar-refractivity contribution in [1.29, 1.82) is 0 Å². The number of nitrogens with zero attached hydrogens (tertiary/aromatic N) is 3. The first-order valence-electron chi connectivity index (χ1n) is 11.9. The molecule has 1 aliphatic rings. The number of hydrogen-bond donors (Lipinski definition) is 3. The Kier molecular flexibility index (Phi) is 6.40. The number of H-pyrrole nitrogens is 2. The zero-order valence-electron chi connectivity index (χ0n) is 20.2. The molecule has 36 heavy (non-hydrogen) atoms. The highest BCUT2D eigenvalue weighted by Crippen LogP contribution is 2.35. The number of imidazole rings is 1. The number of aromatic amines is 2. The number of sulfone groups is 1. The van der Waals surface area contributed by atoms with Crippen molar-refractivity contribution in [3.05, 3.63) is 59.7 Å². The molecule has 0 unspecified atom stereocenters. The molecule has 10 heteroatoms. The molecule has 1 aliphatic heterocycles. The number of aromatic hydroxyl groups is 1. The van der Waals surface area contributed by atoms with Gasteiger partial charge >= 0.3 is 0 Å². The fourth-order valence-corrected chi connectivity index (χ4v) is 5.22. The number of benzene rings is 2. The summed E-state index contributed by atoms with van der Waals surface area (Å²) in [5.41, 5.74) is 4.77. The van der Waals surface area contributed by atoms with Crippen LogP contribution in [0.25, 0.3) is 39.1 Å². The molecule has 0 bridgehead atoms. The predicted octanol–water partition coefficient (Wildman–Crippen LogP) is 4.16. The van der Waals surface area contributed by atoms with Crippen molar-refractivity contribution >= 4 is 26.3 Å². The minimum absolute atomic E-state index is 0.153. The third-order valence-electron chi connectivity index (χ3n) is 6.64. The van der Waals surface area contributed by atoms with Crippen molar-refractivity contribution in [2.45, 2.75) is 19.8 Å². The lowest BCUT2D eigenvalue weighted by molar-refractivity contribution is 0.319. The van der Waals surface area contributed by atoms with Crippen molar-refractivity contribution in [1.82, 2.24) is 25.1 Å². The van der Waals surface area contributed by atoms with Crippen LogP contribution in [0.15, 0.2) is 42.6 Å². The minimum atomic E-state index is -2.98. The molecule has 2 aromatic carbocycles. The molecular weight excluding hydrogens is 481 g/mol. The standard InChI is InChI=1S/C26H28FN5O3S/c1-3-16-14-18(33)4-5-19(16)20-6-7-21-24(23(20)27)30-31-25(21)26-28-15-22(29-26)17-8-10-32(11-9-17)12-13-36(2,34)35/h4-8,14-15,33H,3,9-13H2,1-2H3,(H,28,29)(H,30,31). The average Bonchev–Trinajstić information content (AvgIpc) is 3.51. The summed E-state index contributed by atoms with van der Waals surface area (Å²) in [6, 6.07) is 8.52. The van der Waals surface area contributed by atoms with Gasteiger partial charge in [-0.2, -0.15) is 5.10 Å². The molecule has 188 valence electrons. The highest BCUT2D eigenvalue weighted by Gasteiger charge is 2.21. The predicted molar refractivity (Wildman–Crippen MR) is 139 cm³/mol. The average molecular weight is 510 g/mol. The minimum Gasteiger partial charge on any atom is -0.508 e. The molecule has 2 aromatic heterocycles. The second kappa shape index (κ2) is 9.51. The van der Waals surface area contributed by atoms with Crippen LogP contribution in [0.3, 0.4) is 0 Å². The quantitative estimate of drug-likeness (QED) is 0.345. The number of halogens is 1. The van der Waals surface area contributed by atoms with Crippen molar-refractivity contribution < 1.29 is 17.9 Å². The van der Waals surface area contributed by atoms with Gasteiger partial charge in [0, 0.05) is 43.0 Å². The zero-order chi connectivity index (χ0) is 25.4. The van der Waals surface area contributed by atoms with Crippen LogP contribution in [0.2, 0.25) is 0 Å². The van der Waals surface area contributed by atoms with E-state index in [1.54, 1.807) is 24.3 Å². The molecule has 0 saturated heterocycles. The summed E-state index contributed by atoms with van der Waals surface area (Å²) in [4.78, 5) is 9.99. The Hall–Kier alpha value is -3.50. The molecule has 0 aliphatic carbocycles. The summed E-state index contributed by atoms with van der Waals surface area (Å²) in [5.74, 6) is 0.453. The van der Waals surface area contributed by atoms with Crippen LogP contribution >= 0.6 is 0 Å². The molecule has 0 radical (unpaired) electrons. The van der Waals surface area contributed by atoms with Crippen LogP contribution in [-0.2, 0) is 16.3 Å². The monoisotopic (exact) mass is 509 g/mol. The maximum atomic E-state index is 15.6. The Morgan fingerprint density at radius 1 is 1.19 bits per heavy atom. The molecule has 3 heterocycles. The first kappa shape index (κ1) is 24.2. The fraction of sp³-hybridized carbons (Fsp3) is 0.308. The number of fused-ring (bicyclic) bond motifs is 1. The maximum Gasteiger partial charge on any atom is 0.159 e. The van der Waals surface area contributed by atoms with E-state index >= 15 is 4.39 Å². The molecule has 8 nitrogen and oxygen atoms in total. The van der Waals surface area contributed by atoms with Crippen LogP contribution < -0.4 is 0 Å². The van der Waals surface area contributed by atoms with Gasteiger partial charge in [-0.1, -0.05) is 25.1 Å². The SMILES string of the molecule is CCc1cc(O)ccc1-c1ccc2c(-c3nc(C4=CCN(CCS(C)(=O)=O)CC4)c[nH]3)n[nH]c2c1F. The molecular formula is C26H28FN5O3S. The van der Waals surface area contributed by atoms with Crippen molar-refractivity contribution in [2.75, 3.05) is 31.6 Å². The van der Waals surface area contributed by atoms with Crippen LogP contribution in [0.1, 0.15) is 24.6 Å². The molecule has 0 spiro atoms. The summed E-state index contributed by atoms with van der Waals surface area (Å²) in [6.45, 7) is 3.92. The van der Waals surface area contributed by atoms with E-state index in [4.69, 9.17) is 4.98 Å². The maximum absolute atomic E-state index is 15.6. The van der Waals surface area contributed by atoms with Crippen LogP contribution in [0.4, 0.5) is 4.39 Å². The van der Waals surface area contributed by atoms with Gasteiger partial charge in [-0.15, -0.1) is 0 Å². The summed E-state index contributed by atoms with van der Waals surface area (Å²) >= 11 is 0. The summed E-state index contributed by atoms with van der Waals surface area (Å²) < 4.78 is 38.4. The Labute approximate surface area is 208 Å². The zero-order valence-corrected chi connectivity index (χ0v) is 21.0. The Bertz CT molecular complexity index is 1570. The second-order valence-corrected chi connectivity index (χ2v) is 11.4. The van der Waals surface area contributed by atoms with Gasteiger partial charge < -0.3 is 10.1 Å². The Morgan fingerprint density at radius 2 is 2.00 bits per heavy atom. The molecule has 0 atom stereocenters. The number of phenols is 1. The van der Waals surface area contributed by atoms with E-state index < -0.39 is 15.7 Å². The molecule has 0 saturated carbocycles. The van der Waals surface area contributed by atoms with E-state index in [0.29, 0.717) is 47.5 Å². The van der Waals surface area contributed by atoms with Crippen molar-refractivity contribution in [3.63, 3.8) is 0 Å². The van der Waals surface area contributed by atoms with E-state index in [-0.39, 0.29) is 11.5 Å². The van der Waals surface area contributed by atoms with Gasteiger partial charge in [-0.25, -0.2) is 17.8 Å². The van der Waals surface area contributed by atoms with Gasteiger partial charge in [0.05, 0.1) is 11.4 Å².